The van der Waals surface area contributed by atoms with Gasteiger partial charge in [-0.15, -0.1) is 0 Å². The molecule has 0 spiro atoms. The molecule has 5 N–H and O–H groups in total. The van der Waals surface area contributed by atoms with Crippen molar-refractivity contribution in [2.75, 3.05) is 51.9 Å². The Kier molecular flexibility index (Phi) is 18.3. The van der Waals surface area contributed by atoms with Gasteiger partial charge in [0.15, 0.2) is 6.10 Å². The van der Waals surface area contributed by atoms with E-state index in [9.17, 15) is 46.2 Å². The first kappa shape index (κ1) is 58.6. The van der Waals surface area contributed by atoms with Crippen LogP contribution in [0.25, 0.3) is 11.3 Å². The highest BCUT2D eigenvalue weighted by molar-refractivity contribution is 5.87. The van der Waals surface area contributed by atoms with Crippen LogP contribution in [-0.4, -0.2) is 154 Å². The van der Waals surface area contributed by atoms with Crippen LogP contribution in [0.15, 0.2) is 61.1 Å². The quantitative estimate of drug-likeness (QED) is 0.0475. The number of benzene rings is 2. The Bertz CT molecular complexity index is 2800. The summed E-state index contributed by atoms with van der Waals surface area (Å²) in [5.74, 6) is 1.68. The monoisotopic (exact) mass is 1100 g/mol. The third-order valence-corrected chi connectivity index (χ3v) is 13.9. The predicted octanol–water partition coefficient (Wildman–Crippen LogP) is 5.47. The van der Waals surface area contributed by atoms with Crippen molar-refractivity contribution in [1.29, 1.82) is 0 Å². The number of amides is 4. The number of hydrogen-bond donors (Lipinski definition) is 5. The van der Waals surface area contributed by atoms with E-state index in [2.05, 4.69) is 57.5 Å². The van der Waals surface area contributed by atoms with E-state index in [4.69, 9.17) is 9.47 Å². The summed E-state index contributed by atoms with van der Waals surface area (Å²) in [5, 5.41) is 23.1. The standard InChI is InChI=1S/C52H62F7N11O8/c1-50(2,3)43(78-48(74)60-6)45(73)66-68(25-36-37(53)19-32(20-38(36)54)39-16-17-69(65-39)46(55)56)26-41(71)40(63-44(72)42(64-49(75)76-7)51(4,5)52(57,58)59)18-30-11-8-29(9-12-30)10-13-31-21-61-47(62-22-31)67-23-33-14-15-34(24-67)70(33)35-27-77-28-35/h8-9,11-12,16-17,19-22,33-35,40-43,46,71H,14-15,18,23-28H2,1-7H3,(H,60,74)(H,63,72)(H,64,75)(H,66,73)/t33-,34-,40-,41-,42+,43+/m0/s1. The molecule has 4 aromatic rings. The van der Waals surface area contributed by atoms with Crippen molar-refractivity contribution in [3.05, 3.63) is 94.9 Å². The third kappa shape index (κ3) is 14.0. The highest BCUT2D eigenvalue weighted by Crippen LogP contribution is 2.41. The molecule has 26 heteroatoms. The Hall–Kier alpha value is -7.08. The molecule has 3 fully saturated rings. The average molecular weight is 1100 g/mol. The highest BCUT2D eigenvalue weighted by atomic mass is 19.4. The molecule has 2 aromatic carbocycles. The van der Waals surface area contributed by atoms with Crippen LogP contribution in [0.3, 0.4) is 0 Å². The summed E-state index contributed by atoms with van der Waals surface area (Å²) >= 11 is 0. The highest BCUT2D eigenvalue weighted by Gasteiger charge is 2.56. The summed E-state index contributed by atoms with van der Waals surface area (Å²) in [4.78, 5) is 66.9. The first-order valence-corrected chi connectivity index (χ1v) is 24.9. The van der Waals surface area contributed by atoms with E-state index >= 15 is 8.78 Å². The van der Waals surface area contributed by atoms with Gasteiger partial charge in [0.25, 0.3) is 5.91 Å². The lowest BCUT2D eigenvalue weighted by molar-refractivity contribution is -0.220. The van der Waals surface area contributed by atoms with E-state index in [1.807, 2.05) is 5.32 Å². The minimum atomic E-state index is -5.09. The lowest BCUT2D eigenvalue weighted by Crippen LogP contribution is -2.62. The number of alkyl halides is 5. The maximum Gasteiger partial charge on any atom is 0.407 e. The number of halogens is 7. The maximum absolute atomic E-state index is 16.0. The molecule has 6 atom stereocenters. The van der Waals surface area contributed by atoms with Crippen molar-refractivity contribution >= 4 is 29.9 Å². The summed E-state index contributed by atoms with van der Waals surface area (Å²) in [6, 6.07) is 6.39. The van der Waals surface area contributed by atoms with Gasteiger partial charge in [-0.2, -0.15) is 27.1 Å². The van der Waals surface area contributed by atoms with Crippen molar-refractivity contribution in [3.8, 4) is 23.1 Å². The third-order valence-electron chi connectivity index (χ3n) is 13.9. The van der Waals surface area contributed by atoms with Crippen LogP contribution >= 0.6 is 0 Å². The molecule has 422 valence electrons. The molecule has 19 nitrogen and oxygen atoms in total. The summed E-state index contributed by atoms with van der Waals surface area (Å²) in [6.45, 7) is 4.31. The second kappa shape index (κ2) is 24.3. The number of aliphatic hydroxyl groups excluding tert-OH is 1. The minimum absolute atomic E-state index is 0.210. The summed E-state index contributed by atoms with van der Waals surface area (Å²) in [5.41, 5.74) is -1.41. The van der Waals surface area contributed by atoms with Gasteiger partial charge in [0.1, 0.15) is 17.7 Å². The minimum Gasteiger partial charge on any atom is -0.453 e. The van der Waals surface area contributed by atoms with Crippen LogP contribution in [0.5, 0.6) is 0 Å². The zero-order valence-electron chi connectivity index (χ0n) is 43.8. The van der Waals surface area contributed by atoms with Crippen molar-refractivity contribution in [2.45, 2.75) is 116 Å². The Morgan fingerprint density at radius 3 is 2.01 bits per heavy atom. The van der Waals surface area contributed by atoms with Crippen molar-refractivity contribution < 1.29 is 69.2 Å². The molecule has 0 radical (unpaired) electrons. The van der Waals surface area contributed by atoms with Crippen molar-refractivity contribution in [3.63, 3.8) is 0 Å². The van der Waals surface area contributed by atoms with E-state index in [1.54, 1.807) is 57.4 Å². The lowest BCUT2D eigenvalue weighted by atomic mass is 9.82. The van der Waals surface area contributed by atoms with Gasteiger partial charge in [-0.3, -0.25) is 19.9 Å². The van der Waals surface area contributed by atoms with Crippen LogP contribution in [-0.2, 0) is 36.8 Å². The Morgan fingerprint density at radius 2 is 1.49 bits per heavy atom. The number of nitrogens with one attached hydrogen (secondary N) is 4. The number of carbonyl (C=O) groups is 4. The van der Waals surface area contributed by atoms with Gasteiger partial charge in [0.05, 0.1) is 55.2 Å². The molecule has 2 aromatic heterocycles. The largest absolute Gasteiger partial charge is 0.453 e. The predicted molar refractivity (Wildman–Crippen MR) is 267 cm³/mol. The van der Waals surface area contributed by atoms with E-state index in [1.165, 1.54) is 7.05 Å². The molecule has 3 aliphatic heterocycles. The lowest BCUT2D eigenvalue weighted by Gasteiger charge is -2.47. The van der Waals surface area contributed by atoms with Crippen LogP contribution < -0.4 is 26.3 Å². The second-order valence-corrected chi connectivity index (χ2v) is 21.0. The number of hydrazine groups is 1. The molecule has 2 bridgehead atoms. The number of carbonyl (C=O) groups excluding carboxylic acids is 4. The molecular weight excluding hydrogens is 1040 g/mol. The van der Waals surface area contributed by atoms with Gasteiger partial charge in [-0.05, 0) is 69.0 Å². The van der Waals surface area contributed by atoms with Crippen LogP contribution in [0.2, 0.25) is 0 Å². The van der Waals surface area contributed by atoms with Gasteiger partial charge >= 0.3 is 24.9 Å². The number of aliphatic hydroxyl groups is 1. The fourth-order valence-corrected chi connectivity index (χ4v) is 9.43. The number of ether oxygens (including phenoxy) is 3. The Labute approximate surface area is 445 Å². The molecule has 3 aliphatic rings. The number of methoxy groups -OCH3 is 1. The van der Waals surface area contributed by atoms with Crippen LogP contribution in [0, 0.1) is 34.3 Å². The second-order valence-electron chi connectivity index (χ2n) is 21.0. The van der Waals surface area contributed by atoms with Crippen LogP contribution in [0.4, 0.5) is 46.3 Å². The number of aromatic nitrogens is 4. The van der Waals surface area contributed by atoms with E-state index in [0.29, 0.717) is 54.6 Å². The zero-order valence-corrected chi connectivity index (χ0v) is 43.8. The van der Waals surface area contributed by atoms with Gasteiger partial charge in [0.2, 0.25) is 11.9 Å². The molecule has 0 aliphatic carbocycles. The number of rotatable bonds is 18. The van der Waals surface area contributed by atoms with Gasteiger partial charge in [-0.1, -0.05) is 44.7 Å². The molecule has 4 amide bonds. The van der Waals surface area contributed by atoms with Crippen molar-refractivity contribution in [2.24, 2.45) is 10.8 Å². The fraction of sp³-hybridized carbons (Fsp3) is 0.519. The topological polar surface area (TPSA) is 218 Å². The Balaban J connectivity index is 1.16. The fourth-order valence-electron chi connectivity index (χ4n) is 9.43. The summed E-state index contributed by atoms with van der Waals surface area (Å²) < 4.78 is 118. The Morgan fingerprint density at radius 1 is 0.872 bits per heavy atom. The van der Waals surface area contributed by atoms with Crippen molar-refractivity contribution in [1.82, 2.24) is 51.0 Å². The molecule has 0 unspecified atom stereocenters. The van der Waals surface area contributed by atoms with E-state index in [0.717, 1.165) is 75.7 Å². The van der Waals surface area contributed by atoms with E-state index in [-0.39, 0.29) is 22.4 Å². The zero-order chi connectivity index (χ0) is 56.9. The molecule has 78 heavy (non-hydrogen) atoms. The number of fused-ring (bicyclic) bond motifs is 2. The van der Waals surface area contributed by atoms with Gasteiger partial charge < -0.3 is 40.2 Å². The number of anilines is 1. The molecule has 5 heterocycles. The number of hydrogen-bond acceptors (Lipinski definition) is 14. The molecule has 0 saturated carbocycles. The molecule has 3 saturated heterocycles. The molecular formula is C52H62F7N11O8. The first-order valence-electron chi connectivity index (χ1n) is 24.9. The van der Waals surface area contributed by atoms with Gasteiger partial charge in [-0.25, -0.2) is 38.0 Å². The number of nitrogens with zero attached hydrogens (tertiary/aromatic N) is 7. The number of alkyl carbamates (subject to hydrolysis) is 2. The molecule has 7 rings (SSSR count). The van der Waals surface area contributed by atoms with Crippen LogP contribution in [0.1, 0.15) is 76.3 Å². The first-order chi connectivity index (χ1) is 36.8. The number of piperazine rings is 1. The van der Waals surface area contributed by atoms with Gasteiger partial charge in [0, 0.05) is 86.0 Å². The summed E-state index contributed by atoms with van der Waals surface area (Å²) in [6.07, 6.45) is -4.99. The average Bonchev–Trinajstić information content (AvgIpc) is 3.96. The summed E-state index contributed by atoms with van der Waals surface area (Å²) in [7, 11) is 2.11. The normalized spacial score (nSPS) is 18.5. The maximum atomic E-state index is 16.0. The van der Waals surface area contributed by atoms with E-state index < -0.39 is 102 Å². The SMILES string of the molecule is CNC(=O)O[C@H](C(=O)NN(Cc1c(F)cc(-c2ccn(C(F)F)n2)cc1F)C[C@H](O)[C@H](Cc1ccc(C#Cc2cnc(N3C[C@@H]4CC[C@@H](C3)N4C3COC3)nc2)cc1)NC(=O)[C@@H](NC(=O)OC)C(C)(C)C(F)(F)F)C(C)(C)C. The smallest absolute Gasteiger partial charge is 0.407 e.